The Balaban J connectivity index is 2.33. The number of carboxylic acids is 1. The van der Waals surface area contributed by atoms with Gasteiger partial charge in [0.2, 0.25) is 5.91 Å². The van der Waals surface area contributed by atoms with Crippen molar-refractivity contribution >= 4 is 33.3 Å². The molecule has 2 aromatic carbocycles. The average Bonchev–Trinajstić information content (AvgIpc) is 2.66. The van der Waals surface area contributed by atoms with Crippen molar-refractivity contribution in [2.75, 3.05) is 16.6 Å². The summed E-state index contributed by atoms with van der Waals surface area (Å²) in [5, 5.41) is 11.7. The number of sulfonamides is 1. The lowest BCUT2D eigenvalue weighted by molar-refractivity contribution is -0.274. The zero-order chi connectivity index (χ0) is 25.7. The van der Waals surface area contributed by atoms with Crippen molar-refractivity contribution in [2.45, 2.75) is 32.0 Å². The maximum Gasteiger partial charge on any atom is 0.573 e. The largest absolute Gasteiger partial charge is 0.573 e. The van der Waals surface area contributed by atoms with Gasteiger partial charge in [-0.15, -0.1) is 13.2 Å². The molecule has 34 heavy (non-hydrogen) atoms. The van der Waals surface area contributed by atoms with E-state index >= 15 is 0 Å². The van der Waals surface area contributed by atoms with Crippen molar-refractivity contribution in [3.05, 3.63) is 42.5 Å². The van der Waals surface area contributed by atoms with E-state index in [0.717, 1.165) is 18.2 Å². The number of carbonyl (C=O) groups is 2. The monoisotopic (exact) mass is 504 g/mol. The van der Waals surface area contributed by atoms with Gasteiger partial charge in [-0.1, -0.05) is 19.9 Å². The van der Waals surface area contributed by atoms with E-state index in [1.165, 1.54) is 24.3 Å². The van der Waals surface area contributed by atoms with Crippen molar-refractivity contribution < 1.29 is 45.8 Å². The molecule has 1 unspecified atom stereocenters. The number of aliphatic carboxylic acids is 1. The number of carbonyl (C=O) groups excluding carboxylic acids is 1. The number of ether oxygens (including phenoxy) is 2. The van der Waals surface area contributed by atoms with Gasteiger partial charge in [0.05, 0.1) is 12.3 Å². The Morgan fingerprint density at radius 2 is 1.76 bits per heavy atom. The number of benzene rings is 2. The van der Waals surface area contributed by atoms with Crippen molar-refractivity contribution in [1.82, 2.24) is 0 Å². The summed E-state index contributed by atoms with van der Waals surface area (Å²) < 4.78 is 74.4. The Bertz CT molecular complexity index is 1150. The lowest BCUT2D eigenvalue weighted by Crippen LogP contribution is -2.33. The summed E-state index contributed by atoms with van der Waals surface area (Å²) in [5.41, 5.74) is -0.0947. The highest BCUT2D eigenvalue weighted by molar-refractivity contribution is 7.92. The lowest BCUT2D eigenvalue weighted by Gasteiger charge is -2.18. The van der Waals surface area contributed by atoms with Gasteiger partial charge in [-0.2, -0.15) is 0 Å². The topological polar surface area (TPSA) is 131 Å². The highest BCUT2D eigenvalue weighted by Gasteiger charge is 2.32. The first kappa shape index (κ1) is 26.8. The minimum atomic E-state index is -4.95. The Hall–Kier alpha value is -3.48. The third-order valence-corrected chi connectivity index (χ3v) is 5.76. The van der Waals surface area contributed by atoms with Gasteiger partial charge in [0.15, 0.2) is 0 Å². The predicted octanol–water partition coefficient (Wildman–Crippen LogP) is 4.08. The standard InChI is InChI=1S/C21H23F3N2O7S/c1-4-32-16-11-13(25-19(27)18(12(2)3)20(28)29)8-9-17(16)34(30,31)26-14-6-5-7-15(10-14)33-21(22,23)24/h5-12,18,26H,4H2,1-3H3,(H,25,27)(H,28,29). The number of nitrogens with one attached hydrogen (secondary N) is 2. The van der Waals surface area contributed by atoms with Crippen molar-refractivity contribution in [3.63, 3.8) is 0 Å². The third kappa shape index (κ3) is 7.27. The highest BCUT2D eigenvalue weighted by Crippen LogP contribution is 2.31. The van der Waals surface area contributed by atoms with Gasteiger partial charge in [0.25, 0.3) is 10.0 Å². The van der Waals surface area contributed by atoms with E-state index in [2.05, 4.69) is 14.8 Å². The van der Waals surface area contributed by atoms with Crippen LogP contribution in [0.4, 0.5) is 24.5 Å². The molecule has 2 aromatic rings. The molecule has 3 N–H and O–H groups in total. The molecule has 0 fully saturated rings. The van der Waals surface area contributed by atoms with Crippen LogP contribution in [0.25, 0.3) is 0 Å². The zero-order valence-electron chi connectivity index (χ0n) is 18.3. The fourth-order valence-electron chi connectivity index (χ4n) is 2.96. The van der Waals surface area contributed by atoms with Gasteiger partial charge in [0, 0.05) is 17.8 Å². The number of hydrogen-bond donors (Lipinski definition) is 3. The minimum Gasteiger partial charge on any atom is -0.492 e. The molecule has 1 amide bonds. The van der Waals surface area contributed by atoms with Crippen LogP contribution in [0.1, 0.15) is 20.8 Å². The van der Waals surface area contributed by atoms with Crippen LogP contribution in [0.2, 0.25) is 0 Å². The second kappa shape index (κ2) is 10.6. The van der Waals surface area contributed by atoms with E-state index in [0.29, 0.717) is 0 Å². The van der Waals surface area contributed by atoms with E-state index < -0.39 is 45.8 Å². The molecule has 1 atom stereocenters. The number of amides is 1. The van der Waals surface area contributed by atoms with Gasteiger partial charge in [-0.05, 0) is 37.1 Å². The average molecular weight is 504 g/mol. The molecule has 2 rings (SSSR count). The van der Waals surface area contributed by atoms with Crippen LogP contribution in [0.5, 0.6) is 11.5 Å². The summed E-state index contributed by atoms with van der Waals surface area (Å²) in [6, 6.07) is 7.83. The molecule has 0 aromatic heterocycles. The summed E-state index contributed by atoms with van der Waals surface area (Å²) >= 11 is 0. The molecule has 0 bridgehead atoms. The molecule has 0 aliphatic heterocycles. The molecule has 0 spiro atoms. The molecule has 0 aliphatic carbocycles. The quantitative estimate of drug-likeness (QED) is 0.416. The van der Waals surface area contributed by atoms with E-state index in [4.69, 9.17) is 4.74 Å². The van der Waals surface area contributed by atoms with Gasteiger partial charge >= 0.3 is 12.3 Å². The Labute approximate surface area is 193 Å². The summed E-state index contributed by atoms with van der Waals surface area (Å²) in [4.78, 5) is 23.4. The molecule has 0 saturated heterocycles. The fraction of sp³-hybridized carbons (Fsp3) is 0.333. The second-order valence-electron chi connectivity index (χ2n) is 7.32. The SMILES string of the molecule is CCOc1cc(NC(=O)C(C(=O)O)C(C)C)ccc1S(=O)(=O)Nc1cccc(OC(F)(F)F)c1. The van der Waals surface area contributed by atoms with Crippen LogP contribution in [-0.2, 0) is 19.6 Å². The number of anilines is 2. The first-order valence-corrected chi connectivity index (χ1v) is 11.4. The summed E-state index contributed by atoms with van der Waals surface area (Å²) in [6.07, 6.45) is -4.95. The van der Waals surface area contributed by atoms with Crippen molar-refractivity contribution in [2.24, 2.45) is 11.8 Å². The lowest BCUT2D eigenvalue weighted by atomic mass is 9.95. The van der Waals surface area contributed by atoms with Crippen molar-refractivity contribution in [3.8, 4) is 11.5 Å². The summed E-state index contributed by atoms with van der Waals surface area (Å²) in [6.45, 7) is 4.78. The van der Waals surface area contributed by atoms with Crippen LogP contribution < -0.4 is 19.5 Å². The van der Waals surface area contributed by atoms with E-state index in [1.54, 1.807) is 20.8 Å². The number of alkyl halides is 3. The molecule has 0 heterocycles. The van der Waals surface area contributed by atoms with E-state index in [-0.39, 0.29) is 28.6 Å². The molecule has 0 saturated carbocycles. The smallest absolute Gasteiger partial charge is 0.492 e. The van der Waals surface area contributed by atoms with Crippen LogP contribution >= 0.6 is 0 Å². The summed E-state index contributed by atoms with van der Waals surface area (Å²) in [7, 11) is -4.33. The van der Waals surface area contributed by atoms with E-state index in [1.807, 2.05) is 0 Å². The number of carboxylic acid groups (broad SMARTS) is 1. The molecular weight excluding hydrogens is 481 g/mol. The maximum absolute atomic E-state index is 12.9. The van der Waals surface area contributed by atoms with Gasteiger partial charge < -0.3 is 19.9 Å². The summed E-state index contributed by atoms with van der Waals surface area (Å²) in [5.74, 6) is -4.70. The maximum atomic E-state index is 12.9. The third-order valence-electron chi connectivity index (χ3n) is 4.34. The minimum absolute atomic E-state index is 0.0541. The normalized spacial score (nSPS) is 12.7. The van der Waals surface area contributed by atoms with Gasteiger partial charge in [0.1, 0.15) is 22.3 Å². The number of halogens is 3. The van der Waals surface area contributed by atoms with Crippen molar-refractivity contribution in [1.29, 1.82) is 0 Å². The van der Waals surface area contributed by atoms with E-state index in [9.17, 15) is 36.3 Å². The Kier molecular flexibility index (Phi) is 8.37. The number of hydrogen-bond acceptors (Lipinski definition) is 6. The Morgan fingerprint density at radius 3 is 2.32 bits per heavy atom. The van der Waals surface area contributed by atoms with Crippen LogP contribution in [0, 0.1) is 11.8 Å². The first-order valence-electron chi connectivity index (χ1n) is 9.92. The van der Waals surface area contributed by atoms with Gasteiger partial charge in [-0.3, -0.25) is 14.3 Å². The molecule has 9 nitrogen and oxygen atoms in total. The fourth-order valence-corrected chi connectivity index (χ4v) is 4.14. The molecular formula is C21H23F3N2O7S. The Morgan fingerprint density at radius 1 is 1.09 bits per heavy atom. The van der Waals surface area contributed by atoms with Gasteiger partial charge in [-0.25, -0.2) is 8.42 Å². The molecule has 0 radical (unpaired) electrons. The number of rotatable bonds is 10. The van der Waals surface area contributed by atoms with Crippen LogP contribution in [-0.4, -0.2) is 38.4 Å². The molecule has 186 valence electrons. The van der Waals surface area contributed by atoms with Crippen LogP contribution in [0.15, 0.2) is 47.4 Å². The van der Waals surface area contributed by atoms with Crippen LogP contribution in [0.3, 0.4) is 0 Å². The zero-order valence-corrected chi connectivity index (χ0v) is 19.2. The first-order chi connectivity index (χ1) is 15.7. The second-order valence-corrected chi connectivity index (χ2v) is 8.98. The molecule has 13 heteroatoms. The predicted molar refractivity (Wildman–Crippen MR) is 116 cm³/mol. The molecule has 0 aliphatic rings. The highest BCUT2D eigenvalue weighted by atomic mass is 32.2.